The summed E-state index contributed by atoms with van der Waals surface area (Å²) in [5.74, 6) is 1.34. The van der Waals surface area contributed by atoms with Gasteiger partial charge in [-0.15, -0.1) is 0 Å². The molecule has 158 valence electrons. The van der Waals surface area contributed by atoms with E-state index in [9.17, 15) is 13.2 Å². The molecule has 0 saturated carbocycles. The summed E-state index contributed by atoms with van der Waals surface area (Å²) in [7, 11) is -3.18. The monoisotopic (exact) mass is 419 g/mol. The second-order valence-corrected chi connectivity index (χ2v) is 8.80. The largest absolute Gasteiger partial charge is 0.490 e. The van der Waals surface area contributed by atoms with Gasteiger partial charge in [-0.3, -0.25) is 4.79 Å². The van der Waals surface area contributed by atoms with Crippen molar-refractivity contribution in [3.63, 3.8) is 0 Å². The van der Waals surface area contributed by atoms with Crippen molar-refractivity contribution >= 4 is 15.7 Å². The molecule has 29 heavy (non-hydrogen) atoms. The first kappa shape index (κ1) is 22.7. The van der Waals surface area contributed by atoms with Crippen molar-refractivity contribution in [2.45, 2.75) is 31.9 Å². The Labute approximate surface area is 173 Å². The van der Waals surface area contributed by atoms with E-state index in [2.05, 4.69) is 5.32 Å². The summed E-state index contributed by atoms with van der Waals surface area (Å²) < 4.78 is 35.4. The fraction of sp³-hybridized carbons (Fsp3) is 0.409. The second-order valence-electron chi connectivity index (χ2n) is 6.61. The van der Waals surface area contributed by atoms with Gasteiger partial charge in [0.1, 0.15) is 0 Å². The molecule has 0 atom stereocenters. The lowest BCUT2D eigenvalue weighted by Crippen LogP contribution is -2.26. The lowest BCUT2D eigenvalue weighted by molar-refractivity contribution is -0.121. The van der Waals surface area contributed by atoms with E-state index in [1.807, 2.05) is 49.4 Å². The Morgan fingerprint density at radius 3 is 2.28 bits per heavy atom. The van der Waals surface area contributed by atoms with Gasteiger partial charge in [-0.1, -0.05) is 42.5 Å². The maximum atomic E-state index is 12.1. The number of sulfone groups is 1. The molecule has 0 heterocycles. The highest BCUT2D eigenvalue weighted by Crippen LogP contribution is 2.26. The van der Waals surface area contributed by atoms with Gasteiger partial charge >= 0.3 is 0 Å². The molecule has 0 fully saturated rings. The van der Waals surface area contributed by atoms with Gasteiger partial charge in [-0.2, -0.15) is 0 Å². The number of amides is 1. The summed E-state index contributed by atoms with van der Waals surface area (Å²) >= 11 is 0. The number of hydrogen-bond acceptors (Lipinski definition) is 5. The zero-order valence-electron chi connectivity index (χ0n) is 16.8. The van der Waals surface area contributed by atoms with Gasteiger partial charge < -0.3 is 14.8 Å². The van der Waals surface area contributed by atoms with Gasteiger partial charge in [0.15, 0.2) is 21.3 Å². The maximum absolute atomic E-state index is 12.1. The van der Waals surface area contributed by atoms with E-state index in [1.54, 1.807) is 12.1 Å². The normalized spacial score (nSPS) is 11.1. The van der Waals surface area contributed by atoms with Crippen LogP contribution in [-0.4, -0.2) is 39.8 Å². The first-order chi connectivity index (χ1) is 14.0. The molecule has 2 aromatic rings. The molecule has 0 saturated heterocycles. The summed E-state index contributed by atoms with van der Waals surface area (Å²) in [4.78, 5) is 11.9. The summed E-state index contributed by atoms with van der Waals surface area (Å²) in [6.45, 7) is 3.22. The van der Waals surface area contributed by atoms with Crippen LogP contribution in [0.4, 0.5) is 0 Å². The zero-order chi connectivity index (χ0) is 21.0. The molecule has 0 radical (unpaired) electrons. The van der Waals surface area contributed by atoms with E-state index in [4.69, 9.17) is 9.47 Å². The average molecular weight is 420 g/mol. The molecule has 0 aromatic heterocycles. The van der Waals surface area contributed by atoms with Crippen molar-refractivity contribution in [3.8, 4) is 11.5 Å². The first-order valence-electron chi connectivity index (χ1n) is 9.86. The topological polar surface area (TPSA) is 81.7 Å². The van der Waals surface area contributed by atoms with Crippen molar-refractivity contribution < 1.29 is 22.7 Å². The van der Waals surface area contributed by atoms with E-state index >= 15 is 0 Å². The molecular weight excluding hydrogens is 390 g/mol. The molecule has 2 aromatic carbocycles. The molecule has 6 nitrogen and oxygen atoms in total. The number of benzene rings is 2. The average Bonchev–Trinajstić information content (AvgIpc) is 2.70. The van der Waals surface area contributed by atoms with E-state index in [-0.39, 0.29) is 17.4 Å². The minimum atomic E-state index is -3.18. The number of nitrogens with one attached hydrogen (secondary N) is 1. The summed E-state index contributed by atoms with van der Waals surface area (Å²) in [5, 5.41) is 2.77. The molecule has 0 aliphatic carbocycles. The minimum Gasteiger partial charge on any atom is -0.490 e. The van der Waals surface area contributed by atoms with Gasteiger partial charge in [0.05, 0.1) is 24.7 Å². The Bertz CT molecular complexity index is 853. The summed E-state index contributed by atoms with van der Waals surface area (Å²) in [5.41, 5.74) is 0.780. The van der Waals surface area contributed by atoms with Crippen LogP contribution >= 0.6 is 0 Å². The Kier molecular flexibility index (Phi) is 9.50. The van der Waals surface area contributed by atoms with Gasteiger partial charge in [0, 0.05) is 13.0 Å². The number of rotatable bonds is 13. The number of para-hydroxylation sites is 2. The highest BCUT2D eigenvalue weighted by Gasteiger charge is 2.12. The van der Waals surface area contributed by atoms with Crippen LogP contribution in [0.25, 0.3) is 0 Å². The second kappa shape index (κ2) is 12.1. The number of ether oxygens (including phenoxy) is 2. The van der Waals surface area contributed by atoms with Crippen LogP contribution in [0.5, 0.6) is 11.5 Å². The van der Waals surface area contributed by atoms with Gasteiger partial charge in [-0.05, 0) is 37.5 Å². The number of carbonyl (C=O) groups excluding carboxylic acids is 1. The highest BCUT2D eigenvalue weighted by atomic mass is 32.2. The van der Waals surface area contributed by atoms with Gasteiger partial charge in [0.25, 0.3) is 0 Å². The quantitative estimate of drug-likeness (QED) is 0.504. The van der Waals surface area contributed by atoms with Crippen molar-refractivity contribution in [1.82, 2.24) is 5.32 Å². The van der Waals surface area contributed by atoms with Gasteiger partial charge in [0.2, 0.25) is 5.91 Å². The van der Waals surface area contributed by atoms with Crippen LogP contribution in [0.3, 0.4) is 0 Å². The third-order valence-corrected chi connectivity index (χ3v) is 5.82. The smallest absolute Gasteiger partial charge is 0.220 e. The Morgan fingerprint density at radius 1 is 0.931 bits per heavy atom. The molecule has 7 heteroatoms. The molecule has 0 bridgehead atoms. The zero-order valence-corrected chi connectivity index (χ0v) is 17.6. The van der Waals surface area contributed by atoms with Crippen LogP contribution in [0.1, 0.15) is 31.7 Å². The molecule has 0 spiro atoms. The van der Waals surface area contributed by atoms with Crippen LogP contribution < -0.4 is 14.8 Å². The Hall–Kier alpha value is -2.54. The van der Waals surface area contributed by atoms with Crippen molar-refractivity contribution in [1.29, 1.82) is 0 Å². The number of carbonyl (C=O) groups is 1. The highest BCUT2D eigenvalue weighted by molar-refractivity contribution is 7.90. The predicted octanol–water partition coefficient (Wildman–Crippen LogP) is 3.37. The molecule has 2 rings (SSSR count). The standard InChI is InChI=1S/C22H29NO5S/c1-2-27-20-12-6-7-13-21(20)28-16-8-14-22(24)23-15-9-17-29(25,26)18-19-10-4-3-5-11-19/h3-7,10-13H,2,8-9,14-18H2,1H3,(H,23,24). The maximum Gasteiger partial charge on any atom is 0.220 e. The molecule has 1 amide bonds. The van der Waals surface area contributed by atoms with Crippen LogP contribution in [-0.2, 0) is 20.4 Å². The fourth-order valence-corrected chi connectivity index (χ4v) is 4.20. The van der Waals surface area contributed by atoms with E-state index in [0.717, 1.165) is 5.56 Å². The summed E-state index contributed by atoms with van der Waals surface area (Å²) in [6.07, 6.45) is 1.30. The van der Waals surface area contributed by atoms with E-state index in [0.29, 0.717) is 50.5 Å². The number of hydrogen-bond donors (Lipinski definition) is 1. The third kappa shape index (κ3) is 9.00. The predicted molar refractivity (Wildman–Crippen MR) is 114 cm³/mol. The van der Waals surface area contributed by atoms with Crippen LogP contribution in [0.15, 0.2) is 54.6 Å². The molecule has 0 unspecified atom stereocenters. The van der Waals surface area contributed by atoms with Gasteiger partial charge in [-0.25, -0.2) is 8.42 Å². The molecule has 0 aliphatic heterocycles. The minimum absolute atomic E-state index is 0.0301. The summed E-state index contributed by atoms with van der Waals surface area (Å²) in [6, 6.07) is 16.5. The van der Waals surface area contributed by atoms with Crippen LogP contribution in [0, 0.1) is 0 Å². The van der Waals surface area contributed by atoms with Crippen molar-refractivity contribution in [2.24, 2.45) is 0 Å². The van der Waals surface area contributed by atoms with Crippen LogP contribution in [0.2, 0.25) is 0 Å². The van der Waals surface area contributed by atoms with Crippen molar-refractivity contribution in [2.75, 3.05) is 25.5 Å². The fourth-order valence-electron chi connectivity index (χ4n) is 2.77. The van der Waals surface area contributed by atoms with Crippen molar-refractivity contribution in [3.05, 3.63) is 60.2 Å². The molecule has 1 N–H and O–H groups in total. The van der Waals surface area contributed by atoms with E-state index < -0.39 is 9.84 Å². The lowest BCUT2D eigenvalue weighted by atomic mass is 10.2. The SMILES string of the molecule is CCOc1ccccc1OCCCC(=O)NCCCS(=O)(=O)Cc1ccccc1. The molecular formula is C22H29NO5S. The lowest BCUT2D eigenvalue weighted by Gasteiger charge is -2.11. The third-order valence-electron chi connectivity index (χ3n) is 4.14. The first-order valence-corrected chi connectivity index (χ1v) is 11.7. The van der Waals surface area contributed by atoms with E-state index in [1.165, 1.54) is 0 Å². The molecule has 0 aliphatic rings. The Morgan fingerprint density at radius 2 is 1.59 bits per heavy atom. The Balaban J connectivity index is 1.59.